The third-order valence-corrected chi connectivity index (χ3v) is 6.26. The summed E-state index contributed by atoms with van der Waals surface area (Å²) < 4.78 is 59.9. The molecule has 0 amide bonds. The maximum atomic E-state index is 14.3. The predicted molar refractivity (Wildman–Crippen MR) is 127 cm³/mol. The largest absolute Gasteiger partial charge is 0.491 e. The van der Waals surface area contributed by atoms with Crippen molar-refractivity contribution in [2.75, 3.05) is 31.1 Å². The first-order valence-electron chi connectivity index (χ1n) is 10.9. The molecule has 4 rings (SSSR count). The van der Waals surface area contributed by atoms with E-state index in [1.807, 2.05) is 9.47 Å². The topological polar surface area (TPSA) is 59.4 Å². The molecule has 1 N–H and O–H groups in total. The van der Waals surface area contributed by atoms with Crippen LogP contribution in [0.4, 0.5) is 23.5 Å². The van der Waals surface area contributed by atoms with Crippen molar-refractivity contribution in [3.8, 4) is 5.75 Å². The molecule has 0 spiro atoms. The number of carbonyl (C=O) groups is 1. The molecule has 0 saturated carbocycles. The number of aryl methyl sites for hydroxylation is 1. The smallest absolute Gasteiger partial charge is 0.417 e. The predicted octanol–water partition coefficient (Wildman–Crippen LogP) is 5.01. The number of esters is 1. The van der Waals surface area contributed by atoms with Crippen molar-refractivity contribution in [2.45, 2.75) is 26.6 Å². The molecular weight excluding hydrogens is 488 g/mol. The fraction of sp³-hybridized carbons (Fsp3) is 0.333. The van der Waals surface area contributed by atoms with Crippen molar-refractivity contribution < 1.29 is 27.1 Å². The van der Waals surface area contributed by atoms with E-state index in [1.54, 1.807) is 26.0 Å². The van der Waals surface area contributed by atoms with Crippen LogP contribution in [-0.2, 0) is 11.3 Å². The molecular formula is C24H23ClF4N4O2. The van der Waals surface area contributed by atoms with Gasteiger partial charge in [-0.15, -0.1) is 0 Å². The molecule has 0 radical (unpaired) electrons. The van der Waals surface area contributed by atoms with E-state index in [0.29, 0.717) is 54.3 Å². The first-order valence-corrected chi connectivity index (χ1v) is 11.2. The second-order valence-corrected chi connectivity index (χ2v) is 8.73. The second-order valence-electron chi connectivity index (χ2n) is 8.32. The van der Waals surface area contributed by atoms with Gasteiger partial charge in [0.1, 0.15) is 11.3 Å². The van der Waals surface area contributed by atoms with Gasteiger partial charge in [0.15, 0.2) is 5.75 Å². The molecule has 3 aromatic rings. The Morgan fingerprint density at radius 1 is 1.26 bits per heavy atom. The van der Waals surface area contributed by atoms with Crippen molar-refractivity contribution >= 4 is 40.6 Å². The number of imidazole rings is 1. The molecule has 2 aromatic carbocycles. The number of alkyl halides is 3. The maximum Gasteiger partial charge on any atom is 0.491 e. The summed E-state index contributed by atoms with van der Waals surface area (Å²) in [6.07, 6.45) is -3.80. The number of carbonyl (C=O) groups excluding carboxylic acids is 1. The average molecular weight is 511 g/mol. The minimum absolute atomic E-state index is 0.0719. The fourth-order valence-corrected chi connectivity index (χ4v) is 4.31. The Morgan fingerprint density at radius 2 is 1.94 bits per heavy atom. The molecule has 1 aliphatic rings. The standard InChI is InChI=1S/C24H23ClF4N4O2/c1-4-16-10-15(11-17(25)19(16)26)12-33-18-9-13(2)14(3)21(35-22(34)24(27,28)29)20(18)31-23(33)32-7-5-30-6-8-32/h4,9-11,30H,1,5-8,12H2,2-3H3. The Bertz CT molecular complexity index is 1310. The average Bonchev–Trinajstić information content (AvgIpc) is 3.16. The molecule has 6 nitrogen and oxygen atoms in total. The summed E-state index contributed by atoms with van der Waals surface area (Å²) in [4.78, 5) is 18.3. The zero-order valence-corrected chi connectivity index (χ0v) is 19.9. The maximum absolute atomic E-state index is 14.3. The van der Waals surface area contributed by atoms with Crippen LogP contribution < -0.4 is 15.0 Å². The van der Waals surface area contributed by atoms with E-state index in [0.717, 1.165) is 0 Å². The highest BCUT2D eigenvalue weighted by Gasteiger charge is 2.42. The van der Waals surface area contributed by atoms with Gasteiger partial charge in [-0.25, -0.2) is 14.2 Å². The Morgan fingerprint density at radius 3 is 2.57 bits per heavy atom. The van der Waals surface area contributed by atoms with Crippen LogP contribution in [0.5, 0.6) is 5.75 Å². The SMILES string of the molecule is C=Cc1cc(Cn2c(N3CCNCC3)nc3c(OC(=O)C(F)(F)F)c(C)c(C)cc32)cc(Cl)c1F. The Labute approximate surface area is 204 Å². The number of rotatable bonds is 5. The van der Waals surface area contributed by atoms with Gasteiger partial charge in [0, 0.05) is 31.7 Å². The highest BCUT2D eigenvalue weighted by Crippen LogP contribution is 2.37. The Hall–Kier alpha value is -3.11. The summed E-state index contributed by atoms with van der Waals surface area (Å²) in [5.74, 6) is -2.64. The van der Waals surface area contributed by atoms with E-state index in [9.17, 15) is 22.4 Å². The number of benzene rings is 2. The van der Waals surface area contributed by atoms with Gasteiger partial charge in [-0.2, -0.15) is 13.2 Å². The molecule has 2 heterocycles. The van der Waals surface area contributed by atoms with Crippen molar-refractivity contribution in [3.63, 3.8) is 0 Å². The van der Waals surface area contributed by atoms with Gasteiger partial charge in [-0.05, 0) is 48.7 Å². The summed E-state index contributed by atoms with van der Waals surface area (Å²) in [5.41, 5.74) is 2.50. The van der Waals surface area contributed by atoms with Crippen LogP contribution in [0.25, 0.3) is 17.1 Å². The van der Waals surface area contributed by atoms with Gasteiger partial charge in [0.2, 0.25) is 5.95 Å². The van der Waals surface area contributed by atoms with Crippen LogP contribution in [0.2, 0.25) is 5.02 Å². The third kappa shape index (κ3) is 4.85. The van der Waals surface area contributed by atoms with E-state index in [4.69, 9.17) is 16.3 Å². The highest BCUT2D eigenvalue weighted by atomic mass is 35.5. The van der Waals surface area contributed by atoms with Gasteiger partial charge in [0.05, 0.1) is 17.1 Å². The number of halogens is 5. The lowest BCUT2D eigenvalue weighted by Gasteiger charge is -2.29. The van der Waals surface area contributed by atoms with Crippen molar-refractivity contribution in [1.29, 1.82) is 0 Å². The number of hydrogen-bond acceptors (Lipinski definition) is 5. The third-order valence-electron chi connectivity index (χ3n) is 5.99. The highest BCUT2D eigenvalue weighted by molar-refractivity contribution is 6.31. The van der Waals surface area contributed by atoms with Gasteiger partial charge < -0.3 is 19.5 Å². The van der Waals surface area contributed by atoms with E-state index in [1.165, 1.54) is 12.1 Å². The first kappa shape index (κ1) is 25.0. The Balaban J connectivity index is 1.92. The van der Waals surface area contributed by atoms with Gasteiger partial charge in [0.25, 0.3) is 0 Å². The van der Waals surface area contributed by atoms with Gasteiger partial charge in [-0.3, -0.25) is 0 Å². The van der Waals surface area contributed by atoms with E-state index in [-0.39, 0.29) is 28.4 Å². The molecule has 1 saturated heterocycles. The quantitative estimate of drug-likeness (QED) is 0.297. The van der Waals surface area contributed by atoms with Crippen LogP contribution in [0.1, 0.15) is 22.3 Å². The summed E-state index contributed by atoms with van der Waals surface area (Å²) in [6, 6.07) is 4.88. The van der Waals surface area contributed by atoms with Crippen molar-refractivity contribution in [3.05, 3.63) is 57.9 Å². The molecule has 1 aliphatic heterocycles. The number of nitrogens with zero attached hydrogens (tertiary/aromatic N) is 3. The number of fused-ring (bicyclic) bond motifs is 1. The number of anilines is 1. The monoisotopic (exact) mass is 510 g/mol. The molecule has 0 aliphatic carbocycles. The molecule has 35 heavy (non-hydrogen) atoms. The molecule has 0 unspecified atom stereocenters. The molecule has 11 heteroatoms. The number of piperazine rings is 1. The zero-order chi connectivity index (χ0) is 25.5. The summed E-state index contributed by atoms with van der Waals surface area (Å²) >= 11 is 6.09. The van der Waals surface area contributed by atoms with Crippen molar-refractivity contribution in [1.82, 2.24) is 14.9 Å². The summed E-state index contributed by atoms with van der Waals surface area (Å²) in [7, 11) is 0. The van der Waals surface area contributed by atoms with Crippen molar-refractivity contribution in [2.24, 2.45) is 0 Å². The van der Waals surface area contributed by atoms with Crippen LogP contribution in [0.3, 0.4) is 0 Å². The normalized spacial score (nSPS) is 14.4. The number of ether oxygens (including phenoxy) is 1. The molecule has 1 fully saturated rings. The zero-order valence-electron chi connectivity index (χ0n) is 19.1. The minimum atomic E-state index is -5.15. The lowest BCUT2D eigenvalue weighted by atomic mass is 10.1. The van der Waals surface area contributed by atoms with Gasteiger partial charge in [-0.1, -0.05) is 24.3 Å². The first-order chi connectivity index (χ1) is 16.5. The second kappa shape index (κ2) is 9.50. The number of aromatic nitrogens is 2. The molecule has 186 valence electrons. The fourth-order valence-electron chi connectivity index (χ4n) is 4.07. The summed E-state index contributed by atoms with van der Waals surface area (Å²) in [5, 5.41) is 3.17. The van der Waals surface area contributed by atoms with Crippen LogP contribution in [-0.4, -0.2) is 47.9 Å². The van der Waals surface area contributed by atoms with Crippen LogP contribution in [0.15, 0.2) is 24.8 Å². The molecule has 0 bridgehead atoms. The minimum Gasteiger partial charge on any atom is -0.417 e. The van der Waals surface area contributed by atoms with E-state index < -0.39 is 18.0 Å². The van der Waals surface area contributed by atoms with Crippen LogP contribution >= 0.6 is 11.6 Å². The molecule has 0 atom stereocenters. The number of hydrogen-bond donors (Lipinski definition) is 1. The van der Waals surface area contributed by atoms with Crippen LogP contribution in [0, 0.1) is 19.7 Å². The molecule has 1 aromatic heterocycles. The van der Waals surface area contributed by atoms with E-state index in [2.05, 4.69) is 16.9 Å². The number of nitrogens with one attached hydrogen (secondary N) is 1. The Kier molecular flexibility index (Phi) is 6.79. The van der Waals surface area contributed by atoms with E-state index >= 15 is 0 Å². The van der Waals surface area contributed by atoms with Gasteiger partial charge >= 0.3 is 12.1 Å². The summed E-state index contributed by atoms with van der Waals surface area (Å²) in [6.45, 7) is 9.72. The lowest BCUT2D eigenvalue weighted by molar-refractivity contribution is -0.189. The lowest BCUT2D eigenvalue weighted by Crippen LogP contribution is -2.44.